The fourth-order valence-electron chi connectivity index (χ4n) is 3.39. The van der Waals surface area contributed by atoms with Gasteiger partial charge in [-0.3, -0.25) is 4.79 Å². The van der Waals surface area contributed by atoms with Gasteiger partial charge in [0.05, 0.1) is 0 Å². The SMILES string of the molecule is O=C1CCCc2sc(C3(c4ccccc4)CCC3)nc21. The Bertz CT molecular complexity index is 655. The topological polar surface area (TPSA) is 30.0 Å². The Hall–Kier alpha value is -1.48. The fraction of sp³-hybridized carbons (Fsp3) is 0.412. The van der Waals surface area contributed by atoms with E-state index in [1.54, 1.807) is 11.3 Å². The number of aromatic nitrogens is 1. The Labute approximate surface area is 122 Å². The van der Waals surface area contributed by atoms with Gasteiger partial charge in [-0.05, 0) is 31.2 Å². The minimum Gasteiger partial charge on any atom is -0.292 e. The number of nitrogens with zero attached hydrogens (tertiary/aromatic N) is 1. The Morgan fingerprint density at radius 2 is 1.85 bits per heavy atom. The van der Waals surface area contributed by atoms with Gasteiger partial charge in [-0.15, -0.1) is 11.3 Å². The van der Waals surface area contributed by atoms with Gasteiger partial charge < -0.3 is 0 Å². The molecule has 1 aromatic heterocycles. The average Bonchev–Trinajstić information content (AvgIpc) is 2.84. The van der Waals surface area contributed by atoms with Crippen LogP contribution in [0.3, 0.4) is 0 Å². The van der Waals surface area contributed by atoms with Crippen molar-refractivity contribution in [3.05, 3.63) is 51.5 Å². The van der Waals surface area contributed by atoms with Crippen molar-refractivity contribution in [3.8, 4) is 0 Å². The molecule has 0 bridgehead atoms. The molecule has 2 aliphatic rings. The molecule has 3 heteroatoms. The van der Waals surface area contributed by atoms with Crippen molar-refractivity contribution in [2.24, 2.45) is 0 Å². The van der Waals surface area contributed by atoms with Gasteiger partial charge in [-0.2, -0.15) is 0 Å². The lowest BCUT2D eigenvalue weighted by molar-refractivity contribution is 0.0968. The van der Waals surface area contributed by atoms with E-state index < -0.39 is 0 Å². The summed E-state index contributed by atoms with van der Waals surface area (Å²) in [5.41, 5.74) is 2.23. The fourth-order valence-corrected chi connectivity index (χ4v) is 4.78. The van der Waals surface area contributed by atoms with Crippen LogP contribution in [0, 0.1) is 0 Å². The smallest absolute Gasteiger partial charge is 0.182 e. The highest BCUT2D eigenvalue weighted by Crippen LogP contribution is 2.50. The zero-order chi connectivity index (χ0) is 13.6. The molecule has 1 saturated carbocycles. The van der Waals surface area contributed by atoms with Gasteiger partial charge in [0.25, 0.3) is 0 Å². The molecule has 1 fully saturated rings. The maximum atomic E-state index is 12.0. The highest BCUT2D eigenvalue weighted by Gasteiger charge is 2.43. The van der Waals surface area contributed by atoms with Crippen LogP contribution in [0.1, 0.15) is 58.0 Å². The van der Waals surface area contributed by atoms with Crippen LogP contribution < -0.4 is 0 Å². The molecule has 102 valence electrons. The van der Waals surface area contributed by atoms with E-state index in [0.29, 0.717) is 6.42 Å². The summed E-state index contributed by atoms with van der Waals surface area (Å²) in [6, 6.07) is 10.7. The molecule has 0 saturated heterocycles. The second-order valence-electron chi connectivity index (χ2n) is 5.87. The molecule has 4 rings (SSSR count). The van der Waals surface area contributed by atoms with E-state index >= 15 is 0 Å². The zero-order valence-corrected chi connectivity index (χ0v) is 12.2. The summed E-state index contributed by atoms with van der Waals surface area (Å²) in [5.74, 6) is 0.247. The summed E-state index contributed by atoms with van der Waals surface area (Å²) in [6.45, 7) is 0. The average molecular weight is 283 g/mol. The normalized spacial score (nSPS) is 20.3. The first-order chi connectivity index (χ1) is 9.79. The van der Waals surface area contributed by atoms with Crippen LogP contribution in [0.2, 0.25) is 0 Å². The summed E-state index contributed by atoms with van der Waals surface area (Å²) in [7, 11) is 0. The van der Waals surface area contributed by atoms with Crippen molar-refractivity contribution in [2.75, 3.05) is 0 Å². The van der Waals surface area contributed by atoms with Crippen LogP contribution in [0.15, 0.2) is 30.3 Å². The predicted molar refractivity (Wildman–Crippen MR) is 80.5 cm³/mol. The molecule has 0 aliphatic heterocycles. The summed E-state index contributed by atoms with van der Waals surface area (Å²) in [5, 5.41) is 1.18. The highest BCUT2D eigenvalue weighted by atomic mass is 32.1. The number of Topliss-reactive ketones (excluding diaryl/α,β-unsaturated/α-hetero) is 1. The van der Waals surface area contributed by atoms with Gasteiger partial charge in [0.15, 0.2) is 5.78 Å². The molecule has 1 aromatic carbocycles. The first kappa shape index (κ1) is 12.3. The number of hydrogen-bond donors (Lipinski definition) is 0. The van der Waals surface area contributed by atoms with E-state index in [2.05, 4.69) is 30.3 Å². The molecule has 0 atom stereocenters. The lowest BCUT2D eigenvalue weighted by Gasteiger charge is -2.40. The number of carbonyl (C=O) groups excluding carboxylic acids is 1. The second kappa shape index (κ2) is 4.52. The molecule has 0 N–H and O–H groups in total. The summed E-state index contributed by atoms with van der Waals surface area (Å²) in [4.78, 5) is 18.0. The molecule has 0 spiro atoms. The van der Waals surface area contributed by atoms with E-state index in [9.17, 15) is 4.79 Å². The van der Waals surface area contributed by atoms with Gasteiger partial charge in [0.1, 0.15) is 10.7 Å². The molecule has 2 aromatic rings. The minimum atomic E-state index is 0.0869. The summed E-state index contributed by atoms with van der Waals surface area (Å²) >= 11 is 1.78. The van der Waals surface area contributed by atoms with Gasteiger partial charge in [-0.25, -0.2) is 4.98 Å². The molecule has 1 heterocycles. The van der Waals surface area contributed by atoms with Gasteiger partial charge >= 0.3 is 0 Å². The largest absolute Gasteiger partial charge is 0.292 e. The lowest BCUT2D eigenvalue weighted by atomic mass is 9.65. The van der Waals surface area contributed by atoms with Gasteiger partial charge in [-0.1, -0.05) is 36.8 Å². The Morgan fingerprint density at radius 3 is 2.50 bits per heavy atom. The molecule has 2 aliphatic carbocycles. The van der Waals surface area contributed by atoms with Crippen molar-refractivity contribution in [3.63, 3.8) is 0 Å². The van der Waals surface area contributed by atoms with Crippen molar-refractivity contribution < 1.29 is 4.79 Å². The van der Waals surface area contributed by atoms with Crippen molar-refractivity contribution >= 4 is 17.1 Å². The first-order valence-corrected chi connectivity index (χ1v) is 8.20. The van der Waals surface area contributed by atoms with E-state index in [-0.39, 0.29) is 11.2 Å². The van der Waals surface area contributed by atoms with E-state index in [0.717, 1.165) is 31.4 Å². The summed E-state index contributed by atoms with van der Waals surface area (Å²) in [6.07, 6.45) is 6.28. The van der Waals surface area contributed by atoms with E-state index in [1.165, 1.54) is 21.9 Å². The van der Waals surface area contributed by atoms with Crippen LogP contribution in [0.5, 0.6) is 0 Å². The quantitative estimate of drug-likeness (QED) is 0.829. The molecule has 0 unspecified atom stereocenters. The maximum absolute atomic E-state index is 12.0. The molecule has 2 nitrogen and oxygen atoms in total. The number of thiazole rings is 1. The van der Waals surface area contributed by atoms with Crippen LogP contribution >= 0.6 is 11.3 Å². The van der Waals surface area contributed by atoms with Crippen molar-refractivity contribution in [1.82, 2.24) is 4.98 Å². The summed E-state index contributed by atoms with van der Waals surface area (Å²) < 4.78 is 0. The van der Waals surface area contributed by atoms with Crippen LogP contribution in [0.25, 0.3) is 0 Å². The van der Waals surface area contributed by atoms with Gasteiger partial charge in [0, 0.05) is 16.7 Å². The zero-order valence-electron chi connectivity index (χ0n) is 11.4. The number of aryl methyl sites for hydroxylation is 1. The number of rotatable bonds is 2. The second-order valence-corrected chi connectivity index (χ2v) is 6.95. The first-order valence-electron chi connectivity index (χ1n) is 7.38. The molecule has 0 amide bonds. The molecule has 0 radical (unpaired) electrons. The van der Waals surface area contributed by atoms with E-state index in [1.807, 2.05) is 0 Å². The standard InChI is InChI=1S/C17H17NOS/c19-13-8-4-9-14-15(13)18-16(20-14)17(10-5-11-17)12-6-2-1-3-7-12/h1-3,6-7H,4-5,8-11H2. The number of benzene rings is 1. The minimum absolute atomic E-state index is 0.0869. The lowest BCUT2D eigenvalue weighted by Crippen LogP contribution is -2.35. The number of ketones is 1. The highest BCUT2D eigenvalue weighted by molar-refractivity contribution is 7.12. The third-order valence-electron chi connectivity index (χ3n) is 4.71. The van der Waals surface area contributed by atoms with Crippen LogP contribution in [-0.4, -0.2) is 10.8 Å². The Balaban J connectivity index is 1.81. The third kappa shape index (κ3) is 1.69. The third-order valence-corrected chi connectivity index (χ3v) is 6.03. The predicted octanol–water partition coefficient (Wildman–Crippen LogP) is 4.13. The van der Waals surface area contributed by atoms with Crippen LogP contribution in [0.4, 0.5) is 0 Å². The monoisotopic (exact) mass is 283 g/mol. The molecule has 20 heavy (non-hydrogen) atoms. The maximum Gasteiger partial charge on any atom is 0.182 e. The van der Waals surface area contributed by atoms with E-state index in [4.69, 9.17) is 4.98 Å². The van der Waals surface area contributed by atoms with Gasteiger partial charge in [0.2, 0.25) is 0 Å². The Morgan fingerprint density at radius 1 is 1.05 bits per heavy atom. The van der Waals surface area contributed by atoms with Crippen LogP contribution in [-0.2, 0) is 11.8 Å². The number of carbonyl (C=O) groups is 1. The number of hydrogen-bond acceptors (Lipinski definition) is 3. The number of fused-ring (bicyclic) bond motifs is 1. The molecular formula is C17H17NOS. The molecular weight excluding hydrogens is 266 g/mol. The van der Waals surface area contributed by atoms with Crippen molar-refractivity contribution in [1.29, 1.82) is 0 Å². The Kier molecular flexibility index (Phi) is 2.77. The van der Waals surface area contributed by atoms with Crippen molar-refractivity contribution in [2.45, 2.75) is 43.9 Å².